The van der Waals surface area contributed by atoms with E-state index in [4.69, 9.17) is 14.5 Å². The Bertz CT molecular complexity index is 1080. The highest BCUT2D eigenvalue weighted by Gasteiger charge is 2.40. The molecule has 1 atom stereocenters. The molecule has 0 spiro atoms. The molecule has 0 saturated carbocycles. The van der Waals surface area contributed by atoms with Gasteiger partial charge in [0, 0.05) is 22.5 Å². The second kappa shape index (κ2) is 7.41. The first-order valence-corrected chi connectivity index (χ1v) is 10.2. The number of aromatic nitrogens is 1. The van der Waals surface area contributed by atoms with E-state index in [-0.39, 0.29) is 5.82 Å². The Morgan fingerprint density at radius 1 is 1.14 bits per heavy atom. The summed E-state index contributed by atoms with van der Waals surface area (Å²) in [7, 11) is 0. The zero-order valence-electron chi connectivity index (χ0n) is 16.6. The van der Waals surface area contributed by atoms with Crippen LogP contribution in [0.15, 0.2) is 64.2 Å². The number of fused-ring (bicyclic) bond motifs is 1. The number of rotatable bonds is 4. The molecular weight excluding hydrogens is 435 g/mol. The Kier molecular flexibility index (Phi) is 5.07. The van der Waals surface area contributed by atoms with E-state index in [1.807, 2.05) is 50.2 Å². The van der Waals surface area contributed by atoms with Gasteiger partial charge in [0.25, 0.3) is 0 Å². The van der Waals surface area contributed by atoms with E-state index in [9.17, 15) is 4.39 Å². The molecule has 0 aliphatic carbocycles. The van der Waals surface area contributed by atoms with Gasteiger partial charge in [0.15, 0.2) is 0 Å². The standard InChI is InChI=1S/C23H22BrFN2O2/c1-22(2)13-23(3,14-28-18-9-7-17(24)8-10-18)27-21(29-22)16-11-15-5-4-6-19(25)20(15)26-12-16/h4-12H,13-14H2,1-3H3. The first-order valence-electron chi connectivity index (χ1n) is 9.45. The van der Waals surface area contributed by atoms with Crippen LogP contribution in [0, 0.1) is 5.82 Å². The van der Waals surface area contributed by atoms with Gasteiger partial charge < -0.3 is 9.47 Å². The maximum absolute atomic E-state index is 13.9. The van der Waals surface area contributed by atoms with Crippen LogP contribution >= 0.6 is 15.9 Å². The summed E-state index contributed by atoms with van der Waals surface area (Å²) < 4.78 is 27.1. The summed E-state index contributed by atoms with van der Waals surface area (Å²) in [5.41, 5.74) is 0.173. The molecule has 4 rings (SSSR count). The smallest absolute Gasteiger partial charge is 0.218 e. The van der Waals surface area contributed by atoms with E-state index in [2.05, 4.69) is 27.8 Å². The van der Waals surface area contributed by atoms with Crippen molar-refractivity contribution >= 4 is 32.7 Å². The summed E-state index contributed by atoms with van der Waals surface area (Å²) in [6.45, 7) is 6.55. The second-order valence-electron chi connectivity index (χ2n) is 8.23. The maximum Gasteiger partial charge on any atom is 0.218 e. The fourth-order valence-corrected chi connectivity index (χ4v) is 4.00. The Balaban J connectivity index is 1.65. The molecule has 1 unspecified atom stereocenters. The monoisotopic (exact) mass is 456 g/mol. The zero-order valence-corrected chi connectivity index (χ0v) is 18.2. The molecule has 1 aliphatic rings. The third kappa shape index (κ3) is 4.42. The number of para-hydroxylation sites is 1. The average molecular weight is 457 g/mol. The van der Waals surface area contributed by atoms with Crippen LogP contribution in [0.3, 0.4) is 0 Å². The Morgan fingerprint density at radius 3 is 2.66 bits per heavy atom. The molecular formula is C23H22BrFN2O2. The van der Waals surface area contributed by atoms with E-state index >= 15 is 0 Å². The van der Waals surface area contributed by atoms with Crippen molar-refractivity contribution in [3.63, 3.8) is 0 Å². The van der Waals surface area contributed by atoms with Gasteiger partial charge in [-0.2, -0.15) is 0 Å². The molecule has 4 nitrogen and oxygen atoms in total. The third-order valence-corrected chi connectivity index (χ3v) is 5.35. The summed E-state index contributed by atoms with van der Waals surface area (Å²) in [5.74, 6) is 0.953. The topological polar surface area (TPSA) is 43.7 Å². The lowest BCUT2D eigenvalue weighted by Gasteiger charge is -2.40. The molecule has 1 aromatic heterocycles. The van der Waals surface area contributed by atoms with Crippen molar-refractivity contribution in [1.82, 2.24) is 4.98 Å². The highest BCUT2D eigenvalue weighted by atomic mass is 79.9. The molecule has 2 aromatic carbocycles. The van der Waals surface area contributed by atoms with Gasteiger partial charge in [-0.1, -0.05) is 28.1 Å². The van der Waals surface area contributed by atoms with Crippen LogP contribution in [0.4, 0.5) is 4.39 Å². The third-order valence-electron chi connectivity index (χ3n) is 4.82. The molecule has 0 N–H and O–H groups in total. The van der Waals surface area contributed by atoms with Gasteiger partial charge in [-0.15, -0.1) is 0 Å². The van der Waals surface area contributed by atoms with Crippen LogP contribution in [0.5, 0.6) is 5.75 Å². The molecule has 6 heteroatoms. The van der Waals surface area contributed by atoms with Crippen molar-refractivity contribution in [3.05, 3.63) is 70.6 Å². The van der Waals surface area contributed by atoms with E-state index in [1.54, 1.807) is 12.3 Å². The van der Waals surface area contributed by atoms with E-state index in [0.29, 0.717) is 29.8 Å². The van der Waals surface area contributed by atoms with Crippen LogP contribution in [-0.4, -0.2) is 28.6 Å². The highest BCUT2D eigenvalue weighted by molar-refractivity contribution is 9.10. The Hall–Kier alpha value is -2.47. The Labute approximate surface area is 177 Å². The fraction of sp³-hybridized carbons (Fsp3) is 0.304. The molecule has 2 heterocycles. The first kappa shape index (κ1) is 19.8. The molecule has 29 heavy (non-hydrogen) atoms. The van der Waals surface area contributed by atoms with Crippen LogP contribution in [0.2, 0.25) is 0 Å². The molecule has 3 aromatic rings. The molecule has 0 saturated heterocycles. The maximum atomic E-state index is 13.9. The minimum Gasteiger partial charge on any atom is -0.491 e. The van der Waals surface area contributed by atoms with Gasteiger partial charge in [-0.3, -0.25) is 4.98 Å². The minimum absolute atomic E-state index is 0.339. The number of pyridine rings is 1. The SMILES string of the molecule is CC1(COc2ccc(Br)cc2)CC(C)(C)OC(c2cnc3c(F)cccc3c2)=N1. The number of halogens is 2. The van der Waals surface area contributed by atoms with E-state index in [1.165, 1.54) is 6.07 Å². The summed E-state index contributed by atoms with van der Waals surface area (Å²) in [6.07, 6.45) is 2.32. The quantitative estimate of drug-likeness (QED) is 0.489. The van der Waals surface area contributed by atoms with E-state index < -0.39 is 11.1 Å². The number of aliphatic imine (C=N–C) groups is 1. The summed E-state index contributed by atoms with van der Waals surface area (Å²) in [4.78, 5) is 9.15. The lowest BCUT2D eigenvalue weighted by molar-refractivity contribution is 0.0298. The van der Waals surface area contributed by atoms with Crippen molar-refractivity contribution in [1.29, 1.82) is 0 Å². The lowest BCUT2D eigenvalue weighted by atomic mass is 9.87. The van der Waals surface area contributed by atoms with Crippen LogP contribution in [0.25, 0.3) is 10.9 Å². The largest absolute Gasteiger partial charge is 0.491 e. The summed E-state index contributed by atoms with van der Waals surface area (Å²) >= 11 is 3.43. The van der Waals surface area contributed by atoms with Gasteiger partial charge in [-0.25, -0.2) is 9.38 Å². The summed E-state index contributed by atoms with van der Waals surface area (Å²) in [6, 6.07) is 14.5. The van der Waals surface area contributed by atoms with Crippen molar-refractivity contribution in [2.75, 3.05) is 6.61 Å². The molecule has 0 fully saturated rings. The van der Waals surface area contributed by atoms with Gasteiger partial charge in [0.05, 0.1) is 11.1 Å². The van der Waals surface area contributed by atoms with Gasteiger partial charge in [-0.05, 0) is 57.2 Å². The van der Waals surface area contributed by atoms with Crippen LogP contribution < -0.4 is 4.74 Å². The van der Waals surface area contributed by atoms with Gasteiger partial charge in [0.1, 0.15) is 29.3 Å². The predicted octanol–water partition coefficient (Wildman–Crippen LogP) is 5.92. The predicted molar refractivity (Wildman–Crippen MR) is 116 cm³/mol. The molecule has 0 bridgehead atoms. The van der Waals surface area contributed by atoms with Crippen molar-refractivity contribution in [3.8, 4) is 5.75 Å². The van der Waals surface area contributed by atoms with Gasteiger partial charge in [0.2, 0.25) is 5.90 Å². The van der Waals surface area contributed by atoms with Crippen molar-refractivity contribution < 1.29 is 13.9 Å². The minimum atomic E-state index is -0.471. The van der Waals surface area contributed by atoms with Crippen molar-refractivity contribution in [2.24, 2.45) is 4.99 Å². The average Bonchev–Trinajstić information content (AvgIpc) is 2.66. The first-order chi connectivity index (χ1) is 13.7. The number of benzene rings is 2. The zero-order chi connectivity index (χ0) is 20.6. The lowest BCUT2D eigenvalue weighted by Crippen LogP contribution is -2.46. The number of ether oxygens (including phenoxy) is 2. The number of hydrogen-bond acceptors (Lipinski definition) is 4. The molecule has 1 aliphatic heterocycles. The van der Waals surface area contributed by atoms with Crippen molar-refractivity contribution in [2.45, 2.75) is 38.3 Å². The van der Waals surface area contributed by atoms with Gasteiger partial charge >= 0.3 is 0 Å². The molecule has 0 radical (unpaired) electrons. The summed E-state index contributed by atoms with van der Waals surface area (Å²) in [5, 5.41) is 0.713. The molecule has 0 amide bonds. The normalized spacial score (nSPS) is 20.8. The highest BCUT2D eigenvalue weighted by Crippen LogP contribution is 2.34. The molecule has 150 valence electrons. The number of nitrogens with zero attached hydrogens (tertiary/aromatic N) is 2. The van der Waals surface area contributed by atoms with Crippen LogP contribution in [0.1, 0.15) is 32.8 Å². The van der Waals surface area contributed by atoms with Crippen LogP contribution in [-0.2, 0) is 4.74 Å². The fourth-order valence-electron chi connectivity index (χ4n) is 3.74. The van der Waals surface area contributed by atoms with E-state index in [0.717, 1.165) is 15.8 Å². The Morgan fingerprint density at radius 2 is 1.90 bits per heavy atom. The number of hydrogen-bond donors (Lipinski definition) is 0. The second-order valence-corrected chi connectivity index (χ2v) is 9.15.